The third-order valence-electron chi connectivity index (χ3n) is 5.68. The summed E-state index contributed by atoms with van der Waals surface area (Å²) in [5.41, 5.74) is 2.86. The summed E-state index contributed by atoms with van der Waals surface area (Å²) < 4.78 is 2.78. The molecule has 0 radical (unpaired) electrons. The zero-order chi connectivity index (χ0) is 21.3. The number of imidazole rings is 1. The fourth-order valence-electron chi connectivity index (χ4n) is 4.13. The highest BCUT2D eigenvalue weighted by Gasteiger charge is 2.26. The van der Waals surface area contributed by atoms with Gasteiger partial charge in [-0.3, -0.25) is 0 Å². The van der Waals surface area contributed by atoms with E-state index in [-0.39, 0.29) is 24.6 Å². The monoisotopic (exact) mass is 411 g/mol. The SMILES string of the molecule is Cc1cc(Nc2nc(N[C@H]3CCCC[C@@H]3CO)nc3c2ncn3C(C)C)c[n+]([O-])c1. The number of nitrogens with zero attached hydrogens (tertiary/aromatic N) is 5. The third-order valence-corrected chi connectivity index (χ3v) is 5.68. The first-order chi connectivity index (χ1) is 14.4. The lowest BCUT2D eigenvalue weighted by molar-refractivity contribution is -0.605. The van der Waals surface area contributed by atoms with E-state index in [1.807, 2.05) is 17.6 Å². The Hall–Kier alpha value is -2.94. The molecule has 1 aliphatic carbocycles. The number of fused-ring (bicyclic) bond motifs is 1. The molecular weight excluding hydrogens is 382 g/mol. The van der Waals surface area contributed by atoms with Gasteiger partial charge in [-0.2, -0.15) is 14.7 Å². The van der Waals surface area contributed by atoms with E-state index in [0.717, 1.165) is 41.6 Å². The Kier molecular flexibility index (Phi) is 5.72. The number of aromatic nitrogens is 5. The van der Waals surface area contributed by atoms with E-state index in [4.69, 9.17) is 4.98 Å². The van der Waals surface area contributed by atoms with Crippen LogP contribution in [0, 0.1) is 18.0 Å². The fraction of sp³-hybridized carbons (Fsp3) is 0.524. The van der Waals surface area contributed by atoms with Crippen molar-refractivity contribution < 1.29 is 9.84 Å². The van der Waals surface area contributed by atoms with Crippen LogP contribution in [0.4, 0.5) is 17.5 Å². The second-order valence-electron chi connectivity index (χ2n) is 8.38. The van der Waals surface area contributed by atoms with Gasteiger partial charge in [0, 0.05) is 30.2 Å². The molecule has 160 valence electrons. The van der Waals surface area contributed by atoms with Crippen LogP contribution in [0.3, 0.4) is 0 Å². The molecule has 30 heavy (non-hydrogen) atoms. The highest BCUT2D eigenvalue weighted by molar-refractivity contribution is 5.86. The van der Waals surface area contributed by atoms with Crippen LogP contribution in [0.25, 0.3) is 11.2 Å². The van der Waals surface area contributed by atoms with Crippen molar-refractivity contribution in [1.82, 2.24) is 19.5 Å². The topological polar surface area (TPSA) is 115 Å². The molecule has 0 amide bonds. The molecule has 3 N–H and O–H groups in total. The zero-order valence-corrected chi connectivity index (χ0v) is 17.7. The van der Waals surface area contributed by atoms with Crippen molar-refractivity contribution in [3.05, 3.63) is 35.6 Å². The number of anilines is 3. The third kappa shape index (κ3) is 4.16. The number of nitrogens with one attached hydrogen (secondary N) is 2. The van der Waals surface area contributed by atoms with E-state index in [0.29, 0.717) is 23.0 Å². The Bertz CT molecular complexity index is 1010. The summed E-state index contributed by atoms with van der Waals surface area (Å²) in [6, 6.07) is 2.21. The Labute approximate surface area is 175 Å². The van der Waals surface area contributed by atoms with Crippen molar-refractivity contribution in [2.24, 2.45) is 5.92 Å². The summed E-state index contributed by atoms with van der Waals surface area (Å²) in [5.74, 6) is 1.24. The first kappa shape index (κ1) is 20.3. The quantitative estimate of drug-likeness (QED) is 0.422. The van der Waals surface area contributed by atoms with E-state index in [9.17, 15) is 10.3 Å². The molecule has 3 aromatic rings. The van der Waals surface area contributed by atoms with Gasteiger partial charge in [0.15, 0.2) is 23.2 Å². The lowest BCUT2D eigenvalue weighted by atomic mass is 9.85. The summed E-state index contributed by atoms with van der Waals surface area (Å²) in [6.45, 7) is 6.18. The molecule has 9 heteroatoms. The van der Waals surface area contributed by atoms with Crippen LogP contribution in [0.2, 0.25) is 0 Å². The van der Waals surface area contributed by atoms with E-state index in [1.165, 1.54) is 12.4 Å². The Morgan fingerprint density at radius 2 is 2.07 bits per heavy atom. The normalized spacial score (nSPS) is 19.4. The molecular formula is C21H29N7O2. The maximum Gasteiger partial charge on any atom is 0.227 e. The number of aryl methyl sites for hydroxylation is 1. The second-order valence-corrected chi connectivity index (χ2v) is 8.38. The van der Waals surface area contributed by atoms with Gasteiger partial charge in [0.2, 0.25) is 12.1 Å². The summed E-state index contributed by atoms with van der Waals surface area (Å²) in [5, 5.41) is 28.3. The van der Waals surface area contributed by atoms with Gasteiger partial charge in [0.1, 0.15) is 5.69 Å². The van der Waals surface area contributed by atoms with Crippen molar-refractivity contribution in [1.29, 1.82) is 0 Å². The molecule has 4 rings (SSSR count). The highest BCUT2D eigenvalue weighted by Crippen LogP contribution is 2.29. The van der Waals surface area contributed by atoms with Gasteiger partial charge in [-0.1, -0.05) is 12.8 Å². The van der Waals surface area contributed by atoms with Gasteiger partial charge in [-0.05, 0) is 39.7 Å². The van der Waals surface area contributed by atoms with Crippen molar-refractivity contribution in [3.8, 4) is 0 Å². The molecule has 3 aromatic heterocycles. The molecule has 0 unspecified atom stereocenters. The van der Waals surface area contributed by atoms with Gasteiger partial charge < -0.3 is 25.5 Å². The Balaban J connectivity index is 1.74. The van der Waals surface area contributed by atoms with E-state index < -0.39 is 0 Å². The minimum absolute atomic E-state index is 0.132. The van der Waals surface area contributed by atoms with Gasteiger partial charge in [0.05, 0.1) is 6.33 Å². The van der Waals surface area contributed by atoms with Crippen LogP contribution in [-0.2, 0) is 0 Å². The summed E-state index contributed by atoms with van der Waals surface area (Å²) >= 11 is 0. The number of pyridine rings is 1. The molecule has 3 heterocycles. The smallest absolute Gasteiger partial charge is 0.227 e. The van der Waals surface area contributed by atoms with Crippen LogP contribution in [0.1, 0.15) is 51.1 Å². The summed E-state index contributed by atoms with van der Waals surface area (Å²) in [7, 11) is 0. The van der Waals surface area contributed by atoms with E-state index >= 15 is 0 Å². The van der Waals surface area contributed by atoms with Crippen LogP contribution in [-0.4, -0.2) is 37.3 Å². The Morgan fingerprint density at radius 3 is 2.80 bits per heavy atom. The molecule has 9 nitrogen and oxygen atoms in total. The lowest BCUT2D eigenvalue weighted by Gasteiger charge is -2.30. The fourth-order valence-corrected chi connectivity index (χ4v) is 4.13. The van der Waals surface area contributed by atoms with Gasteiger partial charge >= 0.3 is 0 Å². The van der Waals surface area contributed by atoms with Crippen LogP contribution in [0.5, 0.6) is 0 Å². The van der Waals surface area contributed by atoms with Crippen LogP contribution >= 0.6 is 0 Å². The predicted molar refractivity (Wildman–Crippen MR) is 116 cm³/mol. The number of aliphatic hydroxyl groups excluding tert-OH is 1. The van der Waals surface area contributed by atoms with Crippen molar-refractivity contribution >= 4 is 28.6 Å². The van der Waals surface area contributed by atoms with Crippen molar-refractivity contribution in [2.75, 3.05) is 17.2 Å². The van der Waals surface area contributed by atoms with Gasteiger partial charge in [0.25, 0.3) is 0 Å². The van der Waals surface area contributed by atoms with Crippen molar-refractivity contribution in [2.45, 2.75) is 58.5 Å². The average molecular weight is 412 g/mol. The number of hydrogen-bond acceptors (Lipinski definition) is 7. The molecule has 1 saturated carbocycles. The Morgan fingerprint density at radius 1 is 1.27 bits per heavy atom. The van der Waals surface area contributed by atoms with Crippen LogP contribution in [0.15, 0.2) is 24.8 Å². The molecule has 2 atom stereocenters. The first-order valence-electron chi connectivity index (χ1n) is 10.5. The number of aliphatic hydroxyl groups is 1. The first-order valence-corrected chi connectivity index (χ1v) is 10.5. The summed E-state index contributed by atoms with van der Waals surface area (Å²) in [6.07, 6.45) is 8.98. The molecule has 0 aliphatic heterocycles. The van der Waals surface area contributed by atoms with Gasteiger partial charge in [-0.25, -0.2) is 4.98 Å². The molecule has 1 fully saturated rings. The minimum Gasteiger partial charge on any atom is -0.619 e. The highest BCUT2D eigenvalue weighted by atomic mass is 16.5. The average Bonchev–Trinajstić information content (AvgIpc) is 3.12. The lowest BCUT2D eigenvalue weighted by Crippen LogP contribution is -2.35. The van der Waals surface area contributed by atoms with Crippen LogP contribution < -0.4 is 15.4 Å². The molecule has 0 saturated heterocycles. The molecule has 0 bridgehead atoms. The predicted octanol–water partition coefficient (Wildman–Crippen LogP) is 3.06. The number of rotatable bonds is 6. The minimum atomic E-state index is 0.132. The largest absolute Gasteiger partial charge is 0.619 e. The van der Waals surface area contributed by atoms with Gasteiger partial charge in [-0.15, -0.1) is 0 Å². The standard InChI is InChI=1S/C21H29N7O2/c1-13(2)28-12-22-18-19(23-16-8-14(3)9-27(30)10-16)25-21(26-20(18)28)24-17-7-5-4-6-15(17)11-29/h8-10,12-13,15,17,29H,4-7,11H2,1-3H3,(H2,23,24,25,26)/t15-,17+/m1/s1. The molecule has 0 spiro atoms. The summed E-state index contributed by atoms with van der Waals surface area (Å²) in [4.78, 5) is 14.0. The van der Waals surface area contributed by atoms with E-state index in [2.05, 4.69) is 34.4 Å². The number of hydrogen-bond donors (Lipinski definition) is 3. The molecule has 0 aromatic carbocycles. The van der Waals surface area contributed by atoms with E-state index in [1.54, 1.807) is 6.33 Å². The zero-order valence-electron chi connectivity index (χ0n) is 17.7. The second kappa shape index (κ2) is 8.43. The maximum atomic E-state index is 11.8. The maximum absolute atomic E-state index is 11.8. The molecule has 1 aliphatic rings. The van der Waals surface area contributed by atoms with Crippen molar-refractivity contribution in [3.63, 3.8) is 0 Å².